The Morgan fingerprint density at radius 2 is 0.515 bits per heavy atom. The molecule has 0 aliphatic carbocycles. The molecule has 0 saturated heterocycles. The van der Waals surface area contributed by atoms with Gasteiger partial charge in [-0.1, -0.05) is 360 Å². The second-order valence-electron chi connectivity index (χ2n) is 34.5. The average Bonchev–Trinajstić information content (AvgIpc) is 0.760. The number of benzene rings is 15. The molecule has 6 nitrogen and oxygen atoms in total. The maximum atomic E-state index is 4.84. The second kappa shape index (κ2) is 40.9. The van der Waals surface area contributed by atoms with Crippen LogP contribution in [0.15, 0.2) is 401 Å². The Balaban J connectivity index is 0.000000185. The number of aryl methyl sites for hydroxylation is 8. The molecule has 6 heterocycles. The molecule has 0 saturated carbocycles. The van der Waals surface area contributed by atoms with Crippen LogP contribution in [0.25, 0.3) is 212 Å². The Morgan fingerprint density at radius 1 is 0.191 bits per heavy atom. The maximum Gasteiger partial charge on any atom is 3.00 e. The van der Waals surface area contributed by atoms with Gasteiger partial charge in [0.1, 0.15) is 0 Å². The van der Waals surface area contributed by atoms with Crippen molar-refractivity contribution in [3.05, 3.63) is 494 Å². The SMILES string of the molecule is Cc1cc(C)cc(-c2cc(-c3[c-]nccc3)[c-]cc2-c2ccccc2-c2cccc(-c3ccccc3-c3c[c-]c(-c4ccccn4)cc3-c3cc(C)cc(C)c3)c2)c1.Cc1cc(C)cc(-c2cc(-c3ccccn3)[c-]cc2-c2ccccc2-c2cc(-c3ccc[c-]c3-c3c[c-]c(-c4[c-]cccn4)nc3)cc(-c3ccccc3-c3c[c-]c(-c4ccccn4)cc3-c3cc(C)cc(C)c3)c2)c1.[Ir+3].[Ir]. The summed E-state index contributed by atoms with van der Waals surface area (Å²) in [7, 11) is 0. The molecule has 0 spiro atoms. The molecule has 0 fully saturated rings. The molecule has 8 heteroatoms. The van der Waals surface area contributed by atoms with Crippen LogP contribution in [0.1, 0.15) is 44.5 Å². The molecule has 0 N–H and O–H groups in total. The average molecular weight is 2100 g/mol. The van der Waals surface area contributed by atoms with Gasteiger partial charge in [-0.25, -0.2) is 23.3 Å². The quantitative estimate of drug-likeness (QED) is 0.0751. The van der Waals surface area contributed by atoms with Crippen LogP contribution in [-0.2, 0) is 40.2 Å². The molecule has 136 heavy (non-hydrogen) atoms. The van der Waals surface area contributed by atoms with E-state index in [1.165, 1.54) is 55.6 Å². The van der Waals surface area contributed by atoms with Crippen molar-refractivity contribution in [2.24, 2.45) is 0 Å². The Hall–Kier alpha value is -15.5. The monoisotopic (exact) mass is 2100 g/mol. The van der Waals surface area contributed by atoms with Crippen LogP contribution >= 0.6 is 0 Å². The number of nitrogens with zero attached hydrogens (tertiary/aromatic N) is 6. The Kier molecular flexibility index (Phi) is 27.4. The van der Waals surface area contributed by atoms with Crippen LogP contribution in [0, 0.1) is 104 Å². The van der Waals surface area contributed by atoms with Crippen LogP contribution in [0.3, 0.4) is 0 Å². The van der Waals surface area contributed by atoms with Crippen LogP contribution in [0.4, 0.5) is 0 Å². The van der Waals surface area contributed by atoms with Crippen molar-refractivity contribution < 1.29 is 40.2 Å². The van der Waals surface area contributed by atoms with Gasteiger partial charge in [0.25, 0.3) is 0 Å². The van der Waals surface area contributed by atoms with Crippen molar-refractivity contribution in [1.29, 1.82) is 0 Å². The zero-order chi connectivity index (χ0) is 91.1. The van der Waals surface area contributed by atoms with Crippen molar-refractivity contribution in [2.75, 3.05) is 0 Å². The molecule has 0 unspecified atom stereocenters. The zero-order valence-electron chi connectivity index (χ0n) is 76.5. The minimum absolute atomic E-state index is 0. The van der Waals surface area contributed by atoms with Crippen LogP contribution in [-0.4, -0.2) is 29.9 Å². The largest absolute Gasteiger partial charge is 3.00 e. The van der Waals surface area contributed by atoms with Gasteiger partial charge in [0.2, 0.25) is 0 Å². The molecule has 21 aromatic rings. The fourth-order valence-electron chi connectivity index (χ4n) is 18.8. The number of hydrogen-bond donors (Lipinski definition) is 0. The summed E-state index contributed by atoms with van der Waals surface area (Å²) in [5, 5.41) is 0. The summed E-state index contributed by atoms with van der Waals surface area (Å²) in [6.07, 6.45) is 14.1. The summed E-state index contributed by atoms with van der Waals surface area (Å²) in [6.45, 7) is 17.3. The van der Waals surface area contributed by atoms with E-state index in [1.54, 1.807) is 12.4 Å². The molecule has 655 valence electrons. The number of hydrogen-bond acceptors (Lipinski definition) is 6. The van der Waals surface area contributed by atoms with Gasteiger partial charge in [-0.15, -0.1) is 147 Å². The van der Waals surface area contributed by atoms with Gasteiger partial charge < -0.3 is 29.9 Å². The minimum Gasteiger partial charge on any atom is -0.371 e. The second-order valence-corrected chi connectivity index (χ2v) is 34.5. The first-order valence-electron chi connectivity index (χ1n) is 45.2. The summed E-state index contributed by atoms with van der Waals surface area (Å²) < 4.78 is 0. The number of rotatable bonds is 19. The van der Waals surface area contributed by atoms with Crippen LogP contribution in [0.2, 0.25) is 0 Å². The normalized spacial score (nSPS) is 11.0. The van der Waals surface area contributed by atoms with Gasteiger partial charge in [0.15, 0.2) is 0 Å². The number of pyridine rings is 6. The van der Waals surface area contributed by atoms with Gasteiger partial charge in [0.05, 0.1) is 0 Å². The van der Waals surface area contributed by atoms with Crippen molar-refractivity contribution in [3.8, 4) is 212 Å². The predicted octanol–water partition coefficient (Wildman–Crippen LogP) is 32.3. The van der Waals surface area contributed by atoms with Gasteiger partial charge in [0, 0.05) is 38.7 Å². The topological polar surface area (TPSA) is 77.3 Å². The fraction of sp³-hybridized carbons (Fsp3) is 0.0625. The van der Waals surface area contributed by atoms with Crippen LogP contribution in [0.5, 0.6) is 0 Å². The fourth-order valence-corrected chi connectivity index (χ4v) is 18.8. The summed E-state index contributed by atoms with van der Waals surface area (Å²) >= 11 is 0. The molecule has 0 aliphatic rings. The first-order valence-corrected chi connectivity index (χ1v) is 45.2. The summed E-state index contributed by atoms with van der Waals surface area (Å²) in [5.41, 5.74) is 49.2. The van der Waals surface area contributed by atoms with E-state index in [1.807, 2.05) is 116 Å². The van der Waals surface area contributed by atoms with Crippen molar-refractivity contribution in [3.63, 3.8) is 0 Å². The predicted molar refractivity (Wildman–Crippen MR) is 552 cm³/mol. The van der Waals surface area contributed by atoms with Crippen LogP contribution < -0.4 is 0 Å². The van der Waals surface area contributed by atoms with E-state index in [9.17, 15) is 0 Å². The van der Waals surface area contributed by atoms with E-state index in [4.69, 9.17) is 15.0 Å². The van der Waals surface area contributed by atoms with E-state index in [2.05, 4.69) is 392 Å². The molecule has 15 aromatic carbocycles. The standard InChI is InChI=1S/C72H49N4.C56H41N2.2Ir/c1-47-35-48(2)38-54(37-47)67-44-51(69-23-11-14-32-73-69)26-29-65(67)63-21-9-7-19-61(63)57-41-56(60-18-6-5-17-59(60)53-28-31-72(76-46-53)71-25-13-16-34-75-71)42-58(43-57)62-20-8-10-22-64(62)66-30-27-52(70-24-12-15-33-74-70)45-68(66)55-39-49(3)36-50(4)40-55;1-37-27-38(2)30-46(29-37)54-34-41(45-15-12-25-57-36-45)21-23-52(54)50-18-7-5-16-48(50)42-13-11-14-43(33-42)49-17-6-8-19-51(49)53-24-22-44(56-20-9-10-26-58-56)35-55(53)47-31-39(3)28-40(4)32-47;;/h5-16,18-24,28-30,32-46H,1-4H3;5-20,23-35H,1-4H3;;/q-5;-3;;+3. The minimum atomic E-state index is 0. The Labute approximate surface area is 825 Å². The first-order chi connectivity index (χ1) is 65.7. The van der Waals surface area contributed by atoms with Crippen molar-refractivity contribution in [1.82, 2.24) is 29.9 Å². The molecular weight excluding hydrogens is 2010 g/mol. The molecule has 21 rings (SSSR count). The van der Waals surface area contributed by atoms with Gasteiger partial charge in [-0.2, -0.15) is 30.3 Å². The van der Waals surface area contributed by atoms with E-state index in [0.29, 0.717) is 11.4 Å². The Bertz CT molecular complexity index is 7460. The van der Waals surface area contributed by atoms with Gasteiger partial charge in [-0.3, -0.25) is 0 Å². The number of aromatic nitrogens is 6. The summed E-state index contributed by atoms with van der Waals surface area (Å²) in [6, 6.07) is 154. The first kappa shape index (κ1) is 91.0. The van der Waals surface area contributed by atoms with E-state index < -0.39 is 0 Å². The zero-order valence-corrected chi connectivity index (χ0v) is 81.2. The third-order valence-electron chi connectivity index (χ3n) is 24.5. The molecule has 1 radical (unpaired) electrons. The third-order valence-corrected chi connectivity index (χ3v) is 24.5. The van der Waals surface area contributed by atoms with Gasteiger partial charge in [-0.05, 0) is 182 Å². The summed E-state index contributed by atoms with van der Waals surface area (Å²) in [4.78, 5) is 27.7. The maximum absolute atomic E-state index is 4.84. The van der Waals surface area contributed by atoms with Crippen molar-refractivity contribution >= 4 is 0 Å². The Morgan fingerprint density at radius 3 is 0.868 bits per heavy atom. The third kappa shape index (κ3) is 19.8. The van der Waals surface area contributed by atoms with Gasteiger partial charge >= 0.3 is 20.1 Å². The smallest absolute Gasteiger partial charge is 0.371 e. The van der Waals surface area contributed by atoms with Crippen molar-refractivity contribution in [2.45, 2.75) is 55.4 Å². The van der Waals surface area contributed by atoms with E-state index >= 15 is 0 Å². The van der Waals surface area contributed by atoms with E-state index in [-0.39, 0.29) is 40.2 Å². The van der Waals surface area contributed by atoms with E-state index in [0.717, 1.165) is 190 Å². The molecule has 0 aliphatic heterocycles. The molecule has 0 atom stereocenters. The molecule has 6 aromatic heterocycles. The molecule has 0 amide bonds. The summed E-state index contributed by atoms with van der Waals surface area (Å²) in [5.74, 6) is 0. The molecule has 0 bridgehead atoms. The molecular formula is C128H90Ir2N6-5.